The molecule has 0 bridgehead atoms. The second-order valence-corrected chi connectivity index (χ2v) is 4.83. The van der Waals surface area contributed by atoms with Crippen molar-refractivity contribution < 1.29 is 0 Å². The number of rotatable bonds is 1. The van der Waals surface area contributed by atoms with Gasteiger partial charge in [-0.25, -0.2) is 4.98 Å². The number of hydrogen-bond donors (Lipinski definition) is 2. The number of nitrogens with one attached hydrogen (secondary N) is 1. The summed E-state index contributed by atoms with van der Waals surface area (Å²) in [5, 5.41) is 3.87. The number of nitrogens with zero attached hydrogens (tertiary/aromatic N) is 1. The number of thiazole rings is 1. The Kier molecular flexibility index (Phi) is 2.58. The summed E-state index contributed by atoms with van der Waals surface area (Å²) in [5.74, 6) is 0. The van der Waals surface area contributed by atoms with Crippen LogP contribution in [0.1, 0.15) is 11.1 Å². The Morgan fingerprint density at radius 1 is 1.47 bits per heavy atom. The minimum absolute atomic E-state index is 0.253. The normalized spacial score (nSPS) is 10.5. The summed E-state index contributed by atoms with van der Waals surface area (Å²) >= 11 is 6.33. The molecule has 0 unspecified atom stereocenters. The Hall–Kier alpha value is -1.20. The maximum Gasteiger partial charge on any atom is 0.190 e. The summed E-state index contributed by atoms with van der Waals surface area (Å²) < 4.78 is 1.15. The molecule has 5 heteroatoms. The Balaban J connectivity index is 2.56. The van der Waals surface area contributed by atoms with E-state index in [4.69, 9.17) is 18.0 Å². The third-order valence-corrected chi connectivity index (χ3v) is 3.35. The van der Waals surface area contributed by atoms with E-state index in [1.807, 2.05) is 0 Å². The molecule has 78 valence electrons. The number of aryl methyl sites for hydroxylation is 2. The van der Waals surface area contributed by atoms with Gasteiger partial charge in [0, 0.05) is 0 Å². The van der Waals surface area contributed by atoms with Crippen LogP contribution in [0, 0.1) is 13.8 Å². The minimum atomic E-state index is 0.253. The second kappa shape index (κ2) is 3.75. The van der Waals surface area contributed by atoms with Gasteiger partial charge in [0.2, 0.25) is 0 Å². The van der Waals surface area contributed by atoms with Crippen LogP contribution in [0.5, 0.6) is 0 Å². The Bertz CT molecular complexity index is 531. The highest BCUT2D eigenvalue weighted by molar-refractivity contribution is 7.80. The molecule has 0 amide bonds. The molecule has 15 heavy (non-hydrogen) atoms. The highest BCUT2D eigenvalue weighted by Crippen LogP contribution is 2.29. The molecule has 0 radical (unpaired) electrons. The molecule has 0 fully saturated rings. The molecule has 3 N–H and O–H groups in total. The molecule has 0 aliphatic rings. The minimum Gasteiger partial charge on any atom is -0.376 e. The monoisotopic (exact) mass is 237 g/mol. The molecule has 2 rings (SSSR count). The van der Waals surface area contributed by atoms with E-state index >= 15 is 0 Å². The van der Waals surface area contributed by atoms with Crippen molar-refractivity contribution in [2.45, 2.75) is 13.8 Å². The molecule has 0 spiro atoms. The lowest BCUT2D eigenvalue weighted by Crippen LogP contribution is -2.18. The fraction of sp³-hybridized carbons (Fsp3) is 0.200. The molecule has 1 aromatic heterocycles. The van der Waals surface area contributed by atoms with Crippen molar-refractivity contribution in [2.24, 2.45) is 5.73 Å². The van der Waals surface area contributed by atoms with Gasteiger partial charge >= 0.3 is 0 Å². The van der Waals surface area contributed by atoms with Gasteiger partial charge in [-0.3, -0.25) is 0 Å². The van der Waals surface area contributed by atoms with Crippen LogP contribution in [0.3, 0.4) is 0 Å². The first kappa shape index (κ1) is 10.3. The van der Waals surface area contributed by atoms with Crippen molar-refractivity contribution in [3.8, 4) is 0 Å². The Morgan fingerprint density at radius 3 is 2.87 bits per heavy atom. The van der Waals surface area contributed by atoms with Crippen LogP contribution < -0.4 is 11.1 Å². The van der Waals surface area contributed by atoms with Crippen LogP contribution >= 0.6 is 23.6 Å². The summed E-state index contributed by atoms with van der Waals surface area (Å²) in [4.78, 5) is 4.45. The maximum absolute atomic E-state index is 5.40. The van der Waals surface area contributed by atoms with E-state index in [0.717, 1.165) is 15.3 Å². The third-order valence-electron chi connectivity index (χ3n) is 2.31. The van der Waals surface area contributed by atoms with Gasteiger partial charge in [0.05, 0.1) is 10.2 Å². The molecule has 3 nitrogen and oxygen atoms in total. The number of hydrogen-bond acceptors (Lipinski definition) is 3. The predicted octanol–water partition coefficient (Wildman–Crippen LogP) is 2.57. The lowest BCUT2D eigenvalue weighted by atomic mass is 10.1. The first-order chi connectivity index (χ1) is 7.08. The SMILES string of the molecule is Cc1ccc2sc(NC(N)=S)nc2c1C. The Labute approximate surface area is 97.3 Å². The predicted molar refractivity (Wildman–Crippen MR) is 69.5 cm³/mol. The topological polar surface area (TPSA) is 50.9 Å². The summed E-state index contributed by atoms with van der Waals surface area (Å²) in [6.45, 7) is 4.15. The van der Waals surface area contributed by atoms with Crippen molar-refractivity contribution >= 4 is 44.0 Å². The van der Waals surface area contributed by atoms with Crippen LogP contribution in [-0.2, 0) is 0 Å². The summed E-state index contributed by atoms with van der Waals surface area (Å²) in [6.07, 6.45) is 0. The lowest BCUT2D eigenvalue weighted by Gasteiger charge is -1.98. The zero-order chi connectivity index (χ0) is 11.0. The third kappa shape index (κ3) is 1.93. The summed E-state index contributed by atoms with van der Waals surface area (Å²) in [5.41, 5.74) is 8.88. The number of anilines is 1. The average Bonchev–Trinajstić information content (AvgIpc) is 2.54. The van der Waals surface area contributed by atoms with Gasteiger partial charge in [-0.1, -0.05) is 17.4 Å². The zero-order valence-electron chi connectivity index (χ0n) is 8.50. The van der Waals surface area contributed by atoms with E-state index in [0.29, 0.717) is 0 Å². The molecule has 0 saturated heterocycles. The molecular formula is C10H11N3S2. The van der Waals surface area contributed by atoms with E-state index in [2.05, 4.69) is 36.3 Å². The molecule has 0 saturated carbocycles. The largest absolute Gasteiger partial charge is 0.376 e. The van der Waals surface area contributed by atoms with Crippen molar-refractivity contribution in [1.82, 2.24) is 4.98 Å². The highest BCUT2D eigenvalue weighted by Gasteiger charge is 2.07. The van der Waals surface area contributed by atoms with Gasteiger partial charge in [0.1, 0.15) is 0 Å². The van der Waals surface area contributed by atoms with Crippen LogP contribution in [0.15, 0.2) is 12.1 Å². The van der Waals surface area contributed by atoms with Crippen LogP contribution in [0.25, 0.3) is 10.2 Å². The van der Waals surface area contributed by atoms with E-state index in [1.54, 1.807) is 11.3 Å². The van der Waals surface area contributed by atoms with Crippen LogP contribution in [0.2, 0.25) is 0 Å². The van der Waals surface area contributed by atoms with E-state index in [-0.39, 0.29) is 5.11 Å². The number of nitrogens with two attached hydrogens (primary N) is 1. The number of aromatic nitrogens is 1. The highest BCUT2D eigenvalue weighted by atomic mass is 32.1. The van der Waals surface area contributed by atoms with Crippen molar-refractivity contribution in [1.29, 1.82) is 0 Å². The fourth-order valence-corrected chi connectivity index (χ4v) is 2.48. The molecule has 2 aromatic rings. The number of fused-ring (bicyclic) bond motifs is 1. The lowest BCUT2D eigenvalue weighted by molar-refractivity contribution is 1.34. The molecule has 0 aliphatic carbocycles. The summed E-state index contributed by atoms with van der Waals surface area (Å²) in [6, 6.07) is 4.17. The van der Waals surface area contributed by atoms with Crippen LogP contribution in [-0.4, -0.2) is 10.1 Å². The zero-order valence-corrected chi connectivity index (χ0v) is 10.1. The second-order valence-electron chi connectivity index (χ2n) is 3.36. The molecule has 0 aliphatic heterocycles. The molecule has 1 heterocycles. The quantitative estimate of drug-likeness (QED) is 0.748. The van der Waals surface area contributed by atoms with E-state index < -0.39 is 0 Å². The first-order valence-corrected chi connectivity index (χ1v) is 5.73. The maximum atomic E-state index is 5.40. The van der Waals surface area contributed by atoms with E-state index in [1.165, 1.54) is 11.1 Å². The number of benzene rings is 1. The smallest absolute Gasteiger partial charge is 0.190 e. The van der Waals surface area contributed by atoms with Gasteiger partial charge in [-0.05, 0) is 43.3 Å². The Morgan fingerprint density at radius 2 is 2.20 bits per heavy atom. The van der Waals surface area contributed by atoms with Crippen LogP contribution in [0.4, 0.5) is 5.13 Å². The molecule has 0 atom stereocenters. The van der Waals surface area contributed by atoms with Gasteiger partial charge in [-0.2, -0.15) is 0 Å². The van der Waals surface area contributed by atoms with Crippen molar-refractivity contribution in [3.63, 3.8) is 0 Å². The molecular weight excluding hydrogens is 226 g/mol. The van der Waals surface area contributed by atoms with E-state index in [9.17, 15) is 0 Å². The standard InChI is InChI=1S/C10H11N3S2/c1-5-3-4-7-8(6(5)2)12-10(15-7)13-9(11)14/h3-4H,1-2H3,(H3,11,12,13,14). The number of thiocarbonyl (C=S) groups is 1. The van der Waals surface area contributed by atoms with Gasteiger partial charge < -0.3 is 11.1 Å². The van der Waals surface area contributed by atoms with Crippen molar-refractivity contribution in [2.75, 3.05) is 5.32 Å². The van der Waals surface area contributed by atoms with Crippen molar-refractivity contribution in [3.05, 3.63) is 23.3 Å². The fourth-order valence-electron chi connectivity index (χ4n) is 1.38. The first-order valence-electron chi connectivity index (χ1n) is 4.51. The van der Waals surface area contributed by atoms with Gasteiger partial charge in [0.15, 0.2) is 10.2 Å². The summed E-state index contributed by atoms with van der Waals surface area (Å²) in [7, 11) is 0. The van der Waals surface area contributed by atoms with Gasteiger partial charge in [-0.15, -0.1) is 0 Å². The average molecular weight is 237 g/mol. The molecule has 1 aromatic carbocycles. The van der Waals surface area contributed by atoms with Gasteiger partial charge in [0.25, 0.3) is 0 Å².